The van der Waals surface area contributed by atoms with Crippen LogP contribution in [0, 0.1) is 0 Å². The first kappa shape index (κ1) is 35.4. The molecule has 60 heavy (non-hydrogen) atoms. The van der Waals surface area contributed by atoms with Crippen LogP contribution in [-0.2, 0) is 5.41 Å². The summed E-state index contributed by atoms with van der Waals surface area (Å²) in [6.07, 6.45) is 0. The van der Waals surface area contributed by atoms with Crippen LogP contribution in [0.4, 0.5) is 17.1 Å². The van der Waals surface area contributed by atoms with Gasteiger partial charge >= 0.3 is 0 Å². The predicted octanol–water partition coefficient (Wildman–Crippen LogP) is 15.7. The summed E-state index contributed by atoms with van der Waals surface area (Å²) in [7, 11) is 0. The maximum atomic E-state index is 2.47. The van der Waals surface area contributed by atoms with Crippen molar-refractivity contribution >= 4 is 27.8 Å². The molecule has 10 aromatic carbocycles. The number of benzene rings is 10. The van der Waals surface area contributed by atoms with Gasteiger partial charge in [-0.3, -0.25) is 0 Å². The summed E-state index contributed by atoms with van der Waals surface area (Å²) in [5, 5.41) is 2.48. The van der Waals surface area contributed by atoms with Gasteiger partial charge in [0.2, 0.25) is 0 Å². The topological polar surface area (TPSA) is 3.24 Å². The van der Waals surface area contributed by atoms with Gasteiger partial charge in [-0.05, 0) is 108 Å². The van der Waals surface area contributed by atoms with Crippen LogP contribution in [0.2, 0.25) is 0 Å². The fraction of sp³-hybridized carbons (Fsp3) is 0.0169. The summed E-state index contributed by atoms with van der Waals surface area (Å²) in [4.78, 5) is 2.47. The molecule has 1 aliphatic carbocycles. The molecule has 0 spiro atoms. The minimum absolute atomic E-state index is 0.505. The third-order valence-electron chi connectivity index (χ3n) is 12.3. The number of anilines is 3. The molecule has 1 heteroatoms. The highest BCUT2D eigenvalue weighted by atomic mass is 15.1. The molecule has 0 atom stereocenters. The number of rotatable bonds is 8. The van der Waals surface area contributed by atoms with Gasteiger partial charge in [-0.2, -0.15) is 0 Å². The molecular formula is C59H41N. The van der Waals surface area contributed by atoms with Crippen LogP contribution in [-0.4, -0.2) is 0 Å². The largest absolute Gasteiger partial charge is 0.310 e. The van der Waals surface area contributed by atoms with Gasteiger partial charge in [0.25, 0.3) is 0 Å². The van der Waals surface area contributed by atoms with Crippen molar-refractivity contribution in [3.63, 3.8) is 0 Å². The van der Waals surface area contributed by atoms with Crippen LogP contribution in [0.3, 0.4) is 0 Å². The maximum absolute atomic E-state index is 2.47. The standard InChI is InChI=1S/C59H41N/c1-4-18-42(19-5-1)45-22-14-23-46(40-45)43-36-38-50(39-37-43)60(51-29-15-24-47(41-51)53-32-16-21-44-20-10-11-30-52(44)53)57-35-17-34-56-58(57)54-31-12-13-33-55(54)59(56,48-25-6-2-7-26-48)49-27-8-3-9-28-49/h1-41H. The molecule has 11 rings (SSSR count). The molecule has 0 saturated heterocycles. The highest BCUT2D eigenvalue weighted by Gasteiger charge is 2.47. The lowest BCUT2D eigenvalue weighted by Gasteiger charge is -2.34. The van der Waals surface area contributed by atoms with Gasteiger partial charge in [0, 0.05) is 16.9 Å². The summed E-state index contributed by atoms with van der Waals surface area (Å²) < 4.78 is 0. The maximum Gasteiger partial charge on any atom is 0.0714 e. The average Bonchev–Trinajstić information content (AvgIpc) is 3.64. The smallest absolute Gasteiger partial charge is 0.0714 e. The van der Waals surface area contributed by atoms with Crippen molar-refractivity contribution in [2.45, 2.75) is 5.41 Å². The van der Waals surface area contributed by atoms with Gasteiger partial charge in [-0.1, -0.05) is 212 Å². The molecule has 0 fully saturated rings. The number of nitrogens with zero attached hydrogens (tertiary/aromatic N) is 1. The first-order chi connectivity index (χ1) is 29.8. The zero-order chi connectivity index (χ0) is 39.9. The predicted molar refractivity (Wildman–Crippen MR) is 252 cm³/mol. The van der Waals surface area contributed by atoms with Crippen molar-refractivity contribution in [3.05, 3.63) is 271 Å². The van der Waals surface area contributed by atoms with E-state index in [1.165, 1.54) is 77.5 Å². The lowest BCUT2D eigenvalue weighted by atomic mass is 9.68. The van der Waals surface area contributed by atoms with Gasteiger partial charge in [-0.15, -0.1) is 0 Å². The van der Waals surface area contributed by atoms with Crippen molar-refractivity contribution in [3.8, 4) is 44.5 Å². The Kier molecular flexibility index (Phi) is 8.79. The van der Waals surface area contributed by atoms with E-state index in [4.69, 9.17) is 0 Å². The van der Waals surface area contributed by atoms with Crippen molar-refractivity contribution in [2.24, 2.45) is 0 Å². The zero-order valence-electron chi connectivity index (χ0n) is 33.1. The van der Waals surface area contributed by atoms with Crippen LogP contribution in [0.5, 0.6) is 0 Å². The van der Waals surface area contributed by atoms with Gasteiger partial charge in [0.05, 0.1) is 11.1 Å². The second-order valence-corrected chi connectivity index (χ2v) is 15.6. The molecule has 0 saturated carbocycles. The van der Waals surface area contributed by atoms with Gasteiger partial charge < -0.3 is 4.90 Å². The van der Waals surface area contributed by atoms with Gasteiger partial charge in [0.1, 0.15) is 0 Å². The monoisotopic (exact) mass is 763 g/mol. The SMILES string of the molecule is c1ccc(-c2cccc(-c3ccc(N(c4cccc(-c5cccc6ccccc56)c4)c4cccc5c4-c4ccccc4C5(c4ccccc4)c4ccccc4)cc3)c2)cc1. The summed E-state index contributed by atoms with van der Waals surface area (Å²) in [5.74, 6) is 0. The Bertz CT molecular complexity index is 3090. The molecule has 0 aromatic heterocycles. The minimum Gasteiger partial charge on any atom is -0.310 e. The third-order valence-corrected chi connectivity index (χ3v) is 12.3. The van der Waals surface area contributed by atoms with E-state index in [1.807, 2.05) is 0 Å². The summed E-state index contributed by atoms with van der Waals surface area (Å²) >= 11 is 0. The minimum atomic E-state index is -0.505. The first-order valence-electron chi connectivity index (χ1n) is 20.8. The molecule has 10 aromatic rings. The van der Waals surface area contributed by atoms with E-state index in [0.717, 1.165) is 17.1 Å². The highest BCUT2D eigenvalue weighted by molar-refractivity contribution is 6.00. The fourth-order valence-electron chi connectivity index (χ4n) is 9.69. The molecule has 0 heterocycles. The van der Waals surface area contributed by atoms with Crippen molar-refractivity contribution in [1.82, 2.24) is 0 Å². The van der Waals surface area contributed by atoms with Gasteiger partial charge in [-0.25, -0.2) is 0 Å². The van der Waals surface area contributed by atoms with E-state index >= 15 is 0 Å². The van der Waals surface area contributed by atoms with Crippen LogP contribution >= 0.6 is 0 Å². The number of hydrogen-bond donors (Lipinski definition) is 0. The Hall–Kier alpha value is -7.74. The Morgan fingerprint density at radius 3 is 1.57 bits per heavy atom. The number of hydrogen-bond acceptors (Lipinski definition) is 1. The van der Waals surface area contributed by atoms with Gasteiger partial charge in [0.15, 0.2) is 0 Å². The Balaban J connectivity index is 1.13. The summed E-state index contributed by atoms with van der Waals surface area (Å²) in [6.45, 7) is 0. The normalized spacial score (nSPS) is 12.5. The Labute approximate surface area is 352 Å². The number of fused-ring (bicyclic) bond motifs is 4. The Morgan fingerprint density at radius 2 is 0.817 bits per heavy atom. The molecule has 1 aliphatic rings. The molecule has 0 unspecified atom stereocenters. The summed E-state index contributed by atoms with van der Waals surface area (Å²) in [5.41, 5.74) is 17.6. The van der Waals surface area contributed by atoms with E-state index in [-0.39, 0.29) is 0 Å². The van der Waals surface area contributed by atoms with Crippen LogP contribution < -0.4 is 4.90 Å². The second-order valence-electron chi connectivity index (χ2n) is 15.6. The molecular weight excluding hydrogens is 723 g/mol. The molecule has 0 aliphatic heterocycles. The zero-order valence-corrected chi connectivity index (χ0v) is 33.1. The summed E-state index contributed by atoms with van der Waals surface area (Å²) in [6, 6.07) is 91.0. The van der Waals surface area contributed by atoms with E-state index in [2.05, 4.69) is 254 Å². The quantitative estimate of drug-likeness (QED) is 0.149. The van der Waals surface area contributed by atoms with E-state index < -0.39 is 5.41 Å². The lowest BCUT2D eigenvalue weighted by molar-refractivity contribution is 0.768. The molecule has 0 radical (unpaired) electrons. The lowest BCUT2D eigenvalue weighted by Crippen LogP contribution is -2.28. The Morgan fingerprint density at radius 1 is 0.300 bits per heavy atom. The third kappa shape index (κ3) is 5.86. The van der Waals surface area contributed by atoms with E-state index in [0.29, 0.717) is 0 Å². The van der Waals surface area contributed by atoms with E-state index in [9.17, 15) is 0 Å². The van der Waals surface area contributed by atoms with Crippen LogP contribution in [0.15, 0.2) is 249 Å². The van der Waals surface area contributed by atoms with Crippen LogP contribution in [0.25, 0.3) is 55.3 Å². The molecule has 0 N–H and O–H groups in total. The molecule has 0 amide bonds. The van der Waals surface area contributed by atoms with Crippen LogP contribution in [0.1, 0.15) is 22.3 Å². The van der Waals surface area contributed by atoms with E-state index in [1.54, 1.807) is 0 Å². The second kappa shape index (κ2) is 14.9. The van der Waals surface area contributed by atoms with Crippen molar-refractivity contribution in [1.29, 1.82) is 0 Å². The van der Waals surface area contributed by atoms with Crippen molar-refractivity contribution < 1.29 is 0 Å². The van der Waals surface area contributed by atoms with Crippen molar-refractivity contribution in [2.75, 3.05) is 4.90 Å². The average molecular weight is 764 g/mol. The highest BCUT2D eigenvalue weighted by Crippen LogP contribution is 2.59. The molecule has 0 bridgehead atoms. The fourth-order valence-corrected chi connectivity index (χ4v) is 9.69. The first-order valence-corrected chi connectivity index (χ1v) is 20.8. The molecule has 282 valence electrons. The molecule has 1 nitrogen and oxygen atoms in total.